The summed E-state index contributed by atoms with van der Waals surface area (Å²) < 4.78 is 0. The van der Waals surface area contributed by atoms with E-state index >= 15 is 0 Å². The third-order valence-corrected chi connectivity index (χ3v) is 4.11. The summed E-state index contributed by atoms with van der Waals surface area (Å²) in [6.45, 7) is 7.46. The van der Waals surface area contributed by atoms with Crippen molar-refractivity contribution < 1.29 is 0 Å². The third-order valence-electron chi connectivity index (χ3n) is 4.11. The minimum Gasteiger partial charge on any atom is -0.298 e. The highest BCUT2D eigenvalue weighted by molar-refractivity contribution is 5.25. The van der Waals surface area contributed by atoms with Crippen LogP contribution in [0.15, 0.2) is 36.5 Å². The Morgan fingerprint density at radius 3 is 2.85 bits per heavy atom. The maximum absolute atomic E-state index is 4.58. The van der Waals surface area contributed by atoms with E-state index < -0.39 is 0 Å². The molecule has 20 heavy (non-hydrogen) atoms. The molecule has 3 heteroatoms. The lowest BCUT2D eigenvalue weighted by Gasteiger charge is -2.17. The van der Waals surface area contributed by atoms with Gasteiger partial charge in [-0.2, -0.15) is 0 Å². The predicted molar refractivity (Wildman–Crippen MR) is 80.6 cm³/mol. The Morgan fingerprint density at radius 1 is 1.20 bits per heavy atom. The number of hydrogen-bond donors (Lipinski definition) is 0. The molecule has 1 aromatic carbocycles. The van der Waals surface area contributed by atoms with E-state index in [9.17, 15) is 0 Å². The Labute approximate surface area is 120 Å². The fraction of sp³-hybridized carbons (Fsp3) is 0.412. The third kappa shape index (κ3) is 2.88. The molecule has 2 heterocycles. The molecule has 1 atom stereocenters. The molecule has 0 saturated carbocycles. The van der Waals surface area contributed by atoms with Crippen molar-refractivity contribution in [3.05, 3.63) is 59.2 Å². The van der Waals surface area contributed by atoms with Gasteiger partial charge in [-0.1, -0.05) is 24.3 Å². The lowest BCUT2D eigenvalue weighted by atomic mass is 10.1. The number of aryl methyl sites for hydroxylation is 2. The average molecular weight is 267 g/mol. The lowest BCUT2D eigenvalue weighted by Crippen LogP contribution is -2.20. The SMILES string of the molecule is Cc1ccnc([C@H]2CCN(Cc3ccccc3C)C2)n1. The monoisotopic (exact) mass is 267 g/mol. The molecule has 0 radical (unpaired) electrons. The molecule has 1 aliphatic heterocycles. The molecular formula is C17H21N3. The number of hydrogen-bond acceptors (Lipinski definition) is 3. The summed E-state index contributed by atoms with van der Waals surface area (Å²) in [6.07, 6.45) is 3.04. The normalized spacial score (nSPS) is 19.4. The summed E-state index contributed by atoms with van der Waals surface area (Å²) in [4.78, 5) is 11.5. The van der Waals surface area contributed by atoms with E-state index in [1.165, 1.54) is 11.1 Å². The largest absolute Gasteiger partial charge is 0.298 e. The van der Waals surface area contributed by atoms with Gasteiger partial charge >= 0.3 is 0 Å². The molecule has 104 valence electrons. The van der Waals surface area contributed by atoms with E-state index in [4.69, 9.17) is 0 Å². The zero-order valence-corrected chi connectivity index (χ0v) is 12.2. The van der Waals surface area contributed by atoms with E-state index in [0.717, 1.165) is 37.6 Å². The predicted octanol–water partition coefficient (Wildman–Crippen LogP) is 3.08. The van der Waals surface area contributed by atoms with Gasteiger partial charge in [-0.05, 0) is 44.0 Å². The van der Waals surface area contributed by atoms with Crippen molar-refractivity contribution in [3.8, 4) is 0 Å². The van der Waals surface area contributed by atoms with Crippen LogP contribution in [0.3, 0.4) is 0 Å². The van der Waals surface area contributed by atoms with Crippen LogP contribution in [0.5, 0.6) is 0 Å². The van der Waals surface area contributed by atoms with Gasteiger partial charge in [0.25, 0.3) is 0 Å². The number of benzene rings is 1. The maximum Gasteiger partial charge on any atom is 0.132 e. The van der Waals surface area contributed by atoms with Crippen LogP contribution in [0.4, 0.5) is 0 Å². The van der Waals surface area contributed by atoms with Gasteiger partial charge < -0.3 is 0 Å². The molecule has 2 aromatic rings. The molecule has 3 rings (SSSR count). The molecule has 0 unspecified atom stereocenters. The maximum atomic E-state index is 4.58. The number of nitrogens with zero attached hydrogens (tertiary/aromatic N) is 3. The second kappa shape index (κ2) is 5.71. The molecule has 0 bridgehead atoms. The highest BCUT2D eigenvalue weighted by Crippen LogP contribution is 2.26. The van der Waals surface area contributed by atoms with Crippen LogP contribution in [0.1, 0.15) is 35.0 Å². The summed E-state index contributed by atoms with van der Waals surface area (Å²) >= 11 is 0. The first-order valence-corrected chi connectivity index (χ1v) is 7.29. The standard InChI is InChI=1S/C17H21N3/c1-13-5-3-4-6-15(13)11-20-10-8-16(12-20)17-18-9-7-14(2)19-17/h3-7,9,16H,8,10-12H2,1-2H3/t16-/m0/s1. The van der Waals surface area contributed by atoms with Crippen LogP contribution in [0, 0.1) is 13.8 Å². The van der Waals surface area contributed by atoms with Gasteiger partial charge in [0.05, 0.1) is 0 Å². The molecule has 0 amide bonds. The fourth-order valence-electron chi connectivity index (χ4n) is 2.88. The summed E-state index contributed by atoms with van der Waals surface area (Å²) in [7, 11) is 0. The van der Waals surface area contributed by atoms with E-state index in [0.29, 0.717) is 5.92 Å². The van der Waals surface area contributed by atoms with E-state index in [1.54, 1.807) is 0 Å². The van der Waals surface area contributed by atoms with Crippen molar-refractivity contribution in [1.29, 1.82) is 0 Å². The fourth-order valence-corrected chi connectivity index (χ4v) is 2.88. The van der Waals surface area contributed by atoms with Gasteiger partial charge in [0, 0.05) is 30.9 Å². The molecule has 1 aromatic heterocycles. The number of rotatable bonds is 3. The zero-order chi connectivity index (χ0) is 13.9. The molecule has 1 aliphatic rings. The van der Waals surface area contributed by atoms with Crippen LogP contribution in [-0.2, 0) is 6.54 Å². The molecular weight excluding hydrogens is 246 g/mol. The van der Waals surface area contributed by atoms with Crippen LogP contribution < -0.4 is 0 Å². The van der Waals surface area contributed by atoms with Gasteiger partial charge in [0.15, 0.2) is 0 Å². The van der Waals surface area contributed by atoms with Gasteiger partial charge in [-0.3, -0.25) is 4.90 Å². The van der Waals surface area contributed by atoms with Gasteiger partial charge in [-0.25, -0.2) is 9.97 Å². The lowest BCUT2D eigenvalue weighted by molar-refractivity contribution is 0.325. The second-order valence-corrected chi connectivity index (χ2v) is 5.70. The van der Waals surface area contributed by atoms with Crippen LogP contribution in [-0.4, -0.2) is 28.0 Å². The minimum absolute atomic E-state index is 0.485. The van der Waals surface area contributed by atoms with Gasteiger partial charge in [0.1, 0.15) is 5.82 Å². The molecule has 1 fully saturated rings. The van der Waals surface area contributed by atoms with Gasteiger partial charge in [0.2, 0.25) is 0 Å². The summed E-state index contributed by atoms with van der Waals surface area (Å²) in [5, 5.41) is 0. The summed E-state index contributed by atoms with van der Waals surface area (Å²) in [5.74, 6) is 1.50. The molecule has 0 N–H and O–H groups in total. The van der Waals surface area contributed by atoms with Crippen LogP contribution >= 0.6 is 0 Å². The van der Waals surface area contributed by atoms with Crippen molar-refractivity contribution in [2.75, 3.05) is 13.1 Å². The van der Waals surface area contributed by atoms with Crippen LogP contribution in [0.25, 0.3) is 0 Å². The molecule has 0 spiro atoms. The van der Waals surface area contributed by atoms with Crippen molar-refractivity contribution in [2.45, 2.75) is 32.7 Å². The zero-order valence-electron chi connectivity index (χ0n) is 12.2. The van der Waals surface area contributed by atoms with Gasteiger partial charge in [-0.15, -0.1) is 0 Å². The van der Waals surface area contributed by atoms with E-state index in [2.05, 4.69) is 46.1 Å². The smallest absolute Gasteiger partial charge is 0.132 e. The molecule has 3 nitrogen and oxygen atoms in total. The van der Waals surface area contributed by atoms with Crippen molar-refractivity contribution in [2.24, 2.45) is 0 Å². The van der Waals surface area contributed by atoms with Crippen molar-refractivity contribution >= 4 is 0 Å². The first-order valence-electron chi connectivity index (χ1n) is 7.29. The summed E-state index contributed by atoms with van der Waals surface area (Å²) in [5.41, 5.74) is 3.87. The van der Waals surface area contributed by atoms with E-state index in [-0.39, 0.29) is 0 Å². The Hall–Kier alpha value is -1.74. The van der Waals surface area contributed by atoms with Crippen molar-refractivity contribution in [1.82, 2.24) is 14.9 Å². The van der Waals surface area contributed by atoms with Crippen molar-refractivity contribution in [3.63, 3.8) is 0 Å². The number of likely N-dealkylation sites (tertiary alicyclic amines) is 1. The first kappa shape index (κ1) is 13.3. The first-order chi connectivity index (χ1) is 9.72. The molecule has 1 saturated heterocycles. The van der Waals surface area contributed by atoms with Crippen LogP contribution in [0.2, 0.25) is 0 Å². The topological polar surface area (TPSA) is 29.0 Å². The summed E-state index contributed by atoms with van der Waals surface area (Å²) in [6, 6.07) is 10.6. The number of aromatic nitrogens is 2. The Bertz CT molecular complexity index is 594. The quantitative estimate of drug-likeness (QED) is 0.855. The minimum atomic E-state index is 0.485. The molecule has 0 aliphatic carbocycles. The average Bonchev–Trinajstić information content (AvgIpc) is 2.90. The Kier molecular flexibility index (Phi) is 3.79. The second-order valence-electron chi connectivity index (χ2n) is 5.70. The Morgan fingerprint density at radius 2 is 2.05 bits per heavy atom. The van der Waals surface area contributed by atoms with E-state index in [1.807, 2.05) is 19.2 Å². The highest BCUT2D eigenvalue weighted by atomic mass is 15.1. The Balaban J connectivity index is 1.67. The highest BCUT2D eigenvalue weighted by Gasteiger charge is 2.26.